The lowest BCUT2D eigenvalue weighted by molar-refractivity contribution is -0.144. The maximum Gasteiger partial charge on any atom is 0.326 e. The van der Waals surface area contributed by atoms with Gasteiger partial charge in [-0.2, -0.15) is 0 Å². The van der Waals surface area contributed by atoms with Crippen molar-refractivity contribution in [2.24, 2.45) is 0 Å². The molecule has 8 heteroatoms. The number of hydrogen-bond donors (Lipinski definition) is 3. The summed E-state index contributed by atoms with van der Waals surface area (Å²) in [4.78, 5) is 35.8. The van der Waals surface area contributed by atoms with Crippen LogP contribution in [0, 0.1) is 0 Å². The molecule has 20 heavy (non-hydrogen) atoms. The van der Waals surface area contributed by atoms with E-state index in [0.717, 1.165) is 26.2 Å². The lowest BCUT2D eigenvalue weighted by atomic mass is 10.1. The number of nitrogens with one attached hydrogen (secondary N) is 2. The minimum Gasteiger partial charge on any atom is -0.480 e. The number of carboxylic acid groups (broad SMARTS) is 1. The molecule has 0 spiro atoms. The Bertz CT molecular complexity index is 355. The molecule has 1 aliphatic rings. The zero-order chi connectivity index (χ0) is 15.0. The number of amides is 1. The van der Waals surface area contributed by atoms with Gasteiger partial charge in [0.1, 0.15) is 6.04 Å². The van der Waals surface area contributed by atoms with Crippen LogP contribution in [0.15, 0.2) is 0 Å². The number of nitrogens with zero attached hydrogens (tertiary/aromatic N) is 1. The van der Waals surface area contributed by atoms with Crippen LogP contribution in [0.25, 0.3) is 0 Å². The maximum absolute atomic E-state index is 11.8. The highest BCUT2D eigenvalue weighted by molar-refractivity contribution is 5.85. The van der Waals surface area contributed by atoms with Gasteiger partial charge in [-0.1, -0.05) is 0 Å². The minimum atomic E-state index is -1.15. The Morgan fingerprint density at radius 3 is 2.55 bits per heavy atom. The molecule has 1 saturated heterocycles. The number of piperazine rings is 1. The molecule has 3 N–H and O–H groups in total. The highest BCUT2D eigenvalue weighted by Gasteiger charge is 2.22. The summed E-state index contributed by atoms with van der Waals surface area (Å²) in [6.45, 7) is 3.32. The van der Waals surface area contributed by atoms with Gasteiger partial charge in [0.25, 0.3) is 0 Å². The second kappa shape index (κ2) is 8.49. The molecule has 0 radical (unpaired) electrons. The summed E-state index contributed by atoms with van der Waals surface area (Å²) >= 11 is 0. The molecule has 0 aromatic carbocycles. The molecule has 0 aromatic heterocycles. The van der Waals surface area contributed by atoms with Crippen molar-refractivity contribution in [3.05, 3.63) is 0 Å². The van der Waals surface area contributed by atoms with Crippen molar-refractivity contribution in [1.82, 2.24) is 15.5 Å². The third kappa shape index (κ3) is 5.98. The van der Waals surface area contributed by atoms with Crippen molar-refractivity contribution in [2.75, 3.05) is 39.8 Å². The smallest absolute Gasteiger partial charge is 0.326 e. The molecule has 1 amide bonds. The number of ether oxygens (including phenoxy) is 1. The number of rotatable bonds is 7. The lowest BCUT2D eigenvalue weighted by Crippen LogP contribution is -2.50. The van der Waals surface area contributed by atoms with Crippen molar-refractivity contribution in [1.29, 1.82) is 0 Å². The van der Waals surface area contributed by atoms with Crippen molar-refractivity contribution >= 4 is 17.8 Å². The SMILES string of the molecule is COC(=O)CCC(NC(=O)CN1CCNCC1)C(=O)O. The number of carboxylic acids is 1. The number of carbonyl (C=O) groups excluding carboxylic acids is 2. The first-order chi connectivity index (χ1) is 9.52. The Morgan fingerprint density at radius 1 is 1.35 bits per heavy atom. The first kappa shape index (κ1) is 16.4. The molecule has 1 atom stereocenters. The van der Waals surface area contributed by atoms with Crippen LogP contribution in [0.4, 0.5) is 0 Å². The monoisotopic (exact) mass is 287 g/mol. The van der Waals surface area contributed by atoms with E-state index in [1.807, 2.05) is 4.90 Å². The van der Waals surface area contributed by atoms with Crippen molar-refractivity contribution < 1.29 is 24.2 Å². The van der Waals surface area contributed by atoms with E-state index in [4.69, 9.17) is 5.11 Å². The van der Waals surface area contributed by atoms with E-state index in [1.165, 1.54) is 7.11 Å². The molecule has 0 aromatic rings. The van der Waals surface area contributed by atoms with E-state index < -0.39 is 18.0 Å². The zero-order valence-corrected chi connectivity index (χ0v) is 11.6. The summed E-state index contributed by atoms with van der Waals surface area (Å²) < 4.78 is 4.45. The highest BCUT2D eigenvalue weighted by atomic mass is 16.5. The predicted molar refractivity (Wildman–Crippen MR) is 70.1 cm³/mol. The molecule has 8 nitrogen and oxygen atoms in total. The van der Waals surface area contributed by atoms with Crippen LogP contribution in [0.1, 0.15) is 12.8 Å². The third-order valence-electron chi connectivity index (χ3n) is 3.07. The predicted octanol–water partition coefficient (Wildman–Crippen LogP) is -1.59. The van der Waals surface area contributed by atoms with Crippen molar-refractivity contribution in [3.8, 4) is 0 Å². The molecule has 0 bridgehead atoms. The molecule has 114 valence electrons. The molecule has 1 fully saturated rings. The van der Waals surface area contributed by atoms with Gasteiger partial charge in [0, 0.05) is 32.6 Å². The van der Waals surface area contributed by atoms with Gasteiger partial charge in [-0.25, -0.2) is 4.79 Å². The molecule has 0 aliphatic carbocycles. The van der Waals surface area contributed by atoms with E-state index in [-0.39, 0.29) is 25.3 Å². The minimum absolute atomic E-state index is 0.0231. The quantitative estimate of drug-likeness (QED) is 0.485. The average molecular weight is 287 g/mol. The van der Waals surface area contributed by atoms with Gasteiger partial charge in [0.05, 0.1) is 13.7 Å². The Morgan fingerprint density at radius 2 is 2.00 bits per heavy atom. The Labute approximate surface area is 117 Å². The summed E-state index contributed by atoms with van der Waals surface area (Å²) in [5, 5.41) is 14.6. The molecule has 1 aliphatic heterocycles. The van der Waals surface area contributed by atoms with Gasteiger partial charge in [-0.15, -0.1) is 0 Å². The van der Waals surface area contributed by atoms with Crippen LogP contribution < -0.4 is 10.6 Å². The molecule has 1 unspecified atom stereocenters. The van der Waals surface area contributed by atoms with E-state index >= 15 is 0 Å². The normalized spacial score (nSPS) is 17.2. The van der Waals surface area contributed by atoms with E-state index in [1.54, 1.807) is 0 Å². The topological polar surface area (TPSA) is 108 Å². The van der Waals surface area contributed by atoms with E-state index in [0.29, 0.717) is 0 Å². The van der Waals surface area contributed by atoms with Gasteiger partial charge in [0.2, 0.25) is 5.91 Å². The molecule has 1 heterocycles. The van der Waals surface area contributed by atoms with E-state index in [9.17, 15) is 14.4 Å². The van der Waals surface area contributed by atoms with Gasteiger partial charge < -0.3 is 20.5 Å². The first-order valence-electron chi connectivity index (χ1n) is 6.55. The van der Waals surface area contributed by atoms with Gasteiger partial charge in [-0.3, -0.25) is 14.5 Å². The fourth-order valence-electron chi connectivity index (χ4n) is 1.93. The van der Waals surface area contributed by atoms with Gasteiger partial charge in [-0.05, 0) is 6.42 Å². The number of aliphatic carboxylic acids is 1. The lowest BCUT2D eigenvalue weighted by Gasteiger charge is -2.27. The van der Waals surface area contributed by atoms with Gasteiger partial charge >= 0.3 is 11.9 Å². The van der Waals surface area contributed by atoms with E-state index in [2.05, 4.69) is 15.4 Å². The molecule has 1 rings (SSSR count). The number of hydrogen-bond acceptors (Lipinski definition) is 6. The summed E-state index contributed by atoms with van der Waals surface area (Å²) in [6.07, 6.45) is -0.0172. The Kier molecular flexibility index (Phi) is 6.96. The Hall–Kier alpha value is -1.67. The molecular weight excluding hydrogens is 266 g/mol. The second-order valence-corrected chi connectivity index (χ2v) is 4.60. The third-order valence-corrected chi connectivity index (χ3v) is 3.07. The second-order valence-electron chi connectivity index (χ2n) is 4.60. The number of esters is 1. The van der Waals surface area contributed by atoms with Crippen LogP contribution in [0.3, 0.4) is 0 Å². The zero-order valence-electron chi connectivity index (χ0n) is 11.6. The van der Waals surface area contributed by atoms with Crippen LogP contribution in [0.5, 0.6) is 0 Å². The summed E-state index contributed by atoms with van der Waals surface area (Å²) in [7, 11) is 1.24. The van der Waals surface area contributed by atoms with Gasteiger partial charge in [0.15, 0.2) is 0 Å². The van der Waals surface area contributed by atoms with Crippen LogP contribution in [0.2, 0.25) is 0 Å². The summed E-state index contributed by atoms with van der Waals surface area (Å²) in [5.74, 6) is -1.99. The summed E-state index contributed by atoms with van der Waals surface area (Å²) in [5.41, 5.74) is 0. The fourth-order valence-corrected chi connectivity index (χ4v) is 1.93. The Balaban J connectivity index is 2.37. The standard InChI is InChI=1S/C12H21N3O5/c1-20-11(17)3-2-9(12(18)19)14-10(16)8-15-6-4-13-5-7-15/h9,13H,2-8H2,1H3,(H,14,16)(H,18,19). The van der Waals surface area contributed by atoms with Crippen molar-refractivity contribution in [2.45, 2.75) is 18.9 Å². The average Bonchev–Trinajstić information content (AvgIpc) is 2.43. The fraction of sp³-hybridized carbons (Fsp3) is 0.750. The highest BCUT2D eigenvalue weighted by Crippen LogP contribution is 2.00. The first-order valence-corrected chi connectivity index (χ1v) is 6.55. The largest absolute Gasteiger partial charge is 0.480 e. The van der Waals surface area contributed by atoms with Crippen LogP contribution in [-0.2, 0) is 19.1 Å². The molecular formula is C12H21N3O5. The number of carbonyl (C=O) groups is 3. The molecule has 0 saturated carbocycles. The summed E-state index contributed by atoms with van der Waals surface area (Å²) in [6, 6.07) is -1.07. The maximum atomic E-state index is 11.8. The van der Waals surface area contributed by atoms with Crippen LogP contribution in [-0.4, -0.2) is 73.7 Å². The van der Waals surface area contributed by atoms with Crippen LogP contribution >= 0.6 is 0 Å². The number of methoxy groups -OCH3 is 1. The van der Waals surface area contributed by atoms with Crippen molar-refractivity contribution in [3.63, 3.8) is 0 Å².